The van der Waals surface area contributed by atoms with Gasteiger partial charge in [-0.1, -0.05) is 30.3 Å². The lowest BCUT2D eigenvalue weighted by molar-refractivity contribution is -0.163. The van der Waals surface area contributed by atoms with Gasteiger partial charge in [0.25, 0.3) is 0 Å². The lowest BCUT2D eigenvalue weighted by Crippen LogP contribution is -2.55. The van der Waals surface area contributed by atoms with E-state index in [1.165, 1.54) is 0 Å². The first-order valence-electron chi connectivity index (χ1n) is 6.11. The van der Waals surface area contributed by atoms with Gasteiger partial charge in [-0.15, -0.1) is 0 Å². The van der Waals surface area contributed by atoms with Gasteiger partial charge >= 0.3 is 8.80 Å². The van der Waals surface area contributed by atoms with E-state index >= 15 is 0 Å². The van der Waals surface area contributed by atoms with Gasteiger partial charge in [-0.05, 0) is 6.42 Å². The third kappa shape index (κ3) is 2.60. The van der Waals surface area contributed by atoms with Crippen LogP contribution in [0.15, 0.2) is 30.3 Å². The number of rotatable bonds is 4. The zero-order valence-corrected chi connectivity index (χ0v) is 18.1. The average Bonchev–Trinajstić information content (AvgIpc) is 2.48. The molecule has 1 saturated heterocycles. The van der Waals surface area contributed by atoms with Crippen LogP contribution in [0, 0.1) is 0 Å². The van der Waals surface area contributed by atoms with E-state index in [1.54, 1.807) is 0 Å². The van der Waals surface area contributed by atoms with E-state index in [2.05, 4.69) is 12.1 Å². The van der Waals surface area contributed by atoms with Crippen LogP contribution in [-0.4, -0.2) is 40.3 Å². The molecule has 1 fully saturated rings. The Balaban J connectivity index is 2.33. The van der Waals surface area contributed by atoms with Crippen molar-refractivity contribution >= 4 is 40.3 Å². The molecule has 0 N–H and O–H groups in total. The molecule has 0 spiro atoms. The van der Waals surface area contributed by atoms with Gasteiger partial charge in [-0.25, -0.2) is 0 Å². The van der Waals surface area contributed by atoms with Crippen molar-refractivity contribution in [1.82, 2.24) is 0 Å². The van der Waals surface area contributed by atoms with Crippen molar-refractivity contribution in [2.24, 2.45) is 0 Å². The normalized spacial score (nSPS) is 32.9. The zero-order valence-electron chi connectivity index (χ0n) is 11.1. The fourth-order valence-corrected chi connectivity index (χ4v) is 9.09. The molecule has 1 atom stereocenters. The van der Waals surface area contributed by atoms with E-state index in [-0.39, 0.29) is 0 Å². The van der Waals surface area contributed by atoms with Crippen LogP contribution in [0.3, 0.4) is 0 Å². The van der Waals surface area contributed by atoms with Gasteiger partial charge in [-0.3, -0.25) is 0 Å². The lowest BCUT2D eigenvalue weighted by atomic mass is 10.0. The van der Waals surface area contributed by atoms with Crippen LogP contribution in [0.5, 0.6) is 0 Å². The molecule has 1 aromatic rings. The van der Waals surface area contributed by atoms with Crippen LogP contribution in [0.4, 0.5) is 0 Å². The summed E-state index contributed by atoms with van der Waals surface area (Å²) in [4.78, 5) is 0. The first kappa shape index (κ1) is 14.3. The molecule has 0 bridgehead atoms. The van der Waals surface area contributed by atoms with Gasteiger partial charge in [0.2, 0.25) is 0 Å². The monoisotopic (exact) mass is 316 g/mol. The summed E-state index contributed by atoms with van der Waals surface area (Å²) in [6.45, 7) is 0. The van der Waals surface area contributed by atoms with E-state index in [1.807, 2.05) is 18.2 Å². The van der Waals surface area contributed by atoms with Crippen LogP contribution < -0.4 is 0 Å². The van der Waals surface area contributed by atoms with Gasteiger partial charge in [0.1, 0.15) is 31.5 Å². The maximum Gasteiger partial charge on any atom is 0.481 e. The summed E-state index contributed by atoms with van der Waals surface area (Å²) in [5.41, 5.74) is 1.08. The van der Waals surface area contributed by atoms with E-state index in [0.29, 0.717) is 31.5 Å². The SMILES string of the molecule is [SiH3]OC1(c2ccccc2)CCC[Si](O[SiH3])(O[SiH3])O1. The second-order valence-electron chi connectivity index (χ2n) is 4.37. The second kappa shape index (κ2) is 5.92. The fourth-order valence-electron chi connectivity index (χ4n) is 2.42. The molecule has 4 nitrogen and oxygen atoms in total. The molecule has 0 aromatic heterocycles. The van der Waals surface area contributed by atoms with Gasteiger partial charge in [0, 0.05) is 18.0 Å². The highest BCUT2D eigenvalue weighted by molar-refractivity contribution is 6.66. The first-order valence-corrected chi connectivity index (χ1v) is 10.5. The summed E-state index contributed by atoms with van der Waals surface area (Å²) < 4.78 is 23.5. The molecule has 1 aliphatic rings. The molecule has 0 radical (unpaired) electrons. The minimum absolute atomic E-state index is 0.632. The van der Waals surface area contributed by atoms with Crippen molar-refractivity contribution in [2.75, 3.05) is 0 Å². The molecule has 1 aromatic carbocycles. The van der Waals surface area contributed by atoms with Crippen molar-refractivity contribution < 1.29 is 17.1 Å². The minimum Gasteiger partial charge on any atom is -0.425 e. The topological polar surface area (TPSA) is 36.9 Å². The molecule has 2 rings (SSSR count). The highest BCUT2D eigenvalue weighted by Gasteiger charge is 2.51. The van der Waals surface area contributed by atoms with E-state index in [0.717, 1.165) is 24.4 Å². The second-order valence-corrected chi connectivity index (χ2v) is 10.1. The average molecular weight is 317 g/mol. The Morgan fingerprint density at radius 3 is 2.33 bits per heavy atom. The molecule has 0 amide bonds. The Hall–Kier alpha value is -0.0725. The summed E-state index contributed by atoms with van der Waals surface area (Å²) in [6, 6.07) is 11.1. The van der Waals surface area contributed by atoms with E-state index in [9.17, 15) is 0 Å². The van der Waals surface area contributed by atoms with Gasteiger partial charge in [0.15, 0.2) is 5.79 Å². The van der Waals surface area contributed by atoms with Crippen molar-refractivity contribution in [2.45, 2.75) is 24.7 Å². The van der Waals surface area contributed by atoms with Crippen molar-refractivity contribution in [3.8, 4) is 0 Å². The van der Waals surface area contributed by atoms with Crippen LogP contribution in [0.2, 0.25) is 6.04 Å². The Morgan fingerprint density at radius 1 is 1.11 bits per heavy atom. The molecule has 1 aliphatic heterocycles. The quantitative estimate of drug-likeness (QED) is 0.632. The minimum atomic E-state index is -2.45. The third-order valence-corrected chi connectivity index (χ3v) is 10.7. The molecule has 1 heterocycles. The summed E-state index contributed by atoms with van der Waals surface area (Å²) >= 11 is 0. The molecular weight excluding hydrogens is 296 g/mol. The van der Waals surface area contributed by atoms with Crippen molar-refractivity contribution in [3.05, 3.63) is 35.9 Å². The van der Waals surface area contributed by atoms with E-state index in [4.69, 9.17) is 17.1 Å². The summed E-state index contributed by atoms with van der Waals surface area (Å²) in [5, 5.41) is 0. The third-order valence-electron chi connectivity index (χ3n) is 3.47. The first-order chi connectivity index (χ1) is 8.70. The standard InChI is InChI=1S/C10H20O4Si4/c15-11-10(9-5-2-1-3-6-9)7-4-8-18(12-10,13-16)14-17/h1-3,5-6H,4,7-8H2,15-17H3. The fraction of sp³-hybridized carbons (Fsp3) is 0.400. The van der Waals surface area contributed by atoms with Gasteiger partial charge in [0.05, 0.1) is 0 Å². The predicted octanol–water partition coefficient (Wildman–Crippen LogP) is -1.52. The van der Waals surface area contributed by atoms with E-state index < -0.39 is 14.6 Å². The number of hydrogen-bond acceptors (Lipinski definition) is 4. The largest absolute Gasteiger partial charge is 0.481 e. The molecular formula is C10H20O4Si4. The maximum absolute atomic E-state index is 6.27. The van der Waals surface area contributed by atoms with Crippen molar-refractivity contribution in [3.63, 3.8) is 0 Å². The molecule has 1 unspecified atom stereocenters. The maximum atomic E-state index is 6.27. The predicted molar refractivity (Wildman–Crippen MR) is 82.1 cm³/mol. The zero-order chi connectivity index (χ0) is 13.1. The Kier molecular flexibility index (Phi) is 4.72. The number of benzene rings is 1. The molecule has 8 heteroatoms. The lowest BCUT2D eigenvalue weighted by Gasteiger charge is -2.44. The smallest absolute Gasteiger partial charge is 0.425 e. The molecule has 0 saturated carbocycles. The highest BCUT2D eigenvalue weighted by atomic mass is 28.4. The van der Waals surface area contributed by atoms with Crippen molar-refractivity contribution in [1.29, 1.82) is 0 Å². The molecule has 0 aliphatic carbocycles. The highest BCUT2D eigenvalue weighted by Crippen LogP contribution is 2.41. The van der Waals surface area contributed by atoms with Gasteiger partial charge < -0.3 is 17.1 Å². The summed E-state index contributed by atoms with van der Waals surface area (Å²) in [5.74, 6) is -0.632. The number of hydrogen-bond donors (Lipinski definition) is 0. The van der Waals surface area contributed by atoms with Crippen LogP contribution >= 0.6 is 0 Å². The Labute approximate surface area is 118 Å². The Morgan fingerprint density at radius 2 is 1.78 bits per heavy atom. The molecule has 100 valence electrons. The molecule has 18 heavy (non-hydrogen) atoms. The summed E-state index contributed by atoms with van der Waals surface area (Å²) in [6.07, 6.45) is 1.92. The van der Waals surface area contributed by atoms with Crippen LogP contribution in [-0.2, 0) is 22.9 Å². The van der Waals surface area contributed by atoms with Crippen LogP contribution in [0.25, 0.3) is 0 Å². The van der Waals surface area contributed by atoms with Gasteiger partial charge in [-0.2, -0.15) is 0 Å². The summed E-state index contributed by atoms with van der Waals surface area (Å²) in [7, 11) is -0.523. The van der Waals surface area contributed by atoms with Crippen LogP contribution in [0.1, 0.15) is 18.4 Å². The Bertz CT molecular complexity index is 387.